The summed E-state index contributed by atoms with van der Waals surface area (Å²) in [4.78, 5) is 6.65. The lowest BCUT2D eigenvalue weighted by molar-refractivity contribution is 0.170. The molecule has 1 aliphatic carbocycles. The third kappa shape index (κ3) is 3.51. The van der Waals surface area contributed by atoms with Crippen LogP contribution >= 0.6 is 0 Å². The van der Waals surface area contributed by atoms with E-state index in [2.05, 4.69) is 35.4 Å². The van der Waals surface area contributed by atoms with E-state index in [1.165, 1.54) is 31.2 Å². The van der Waals surface area contributed by atoms with Crippen LogP contribution in [0, 0.1) is 0 Å². The lowest BCUT2D eigenvalue weighted by Gasteiger charge is -2.34. The molecule has 0 unspecified atom stereocenters. The number of hydrogen-bond donors (Lipinski definition) is 1. The predicted octanol–water partition coefficient (Wildman–Crippen LogP) is 2.04. The van der Waals surface area contributed by atoms with E-state index in [0.29, 0.717) is 0 Å². The van der Waals surface area contributed by atoms with Crippen LogP contribution in [0.3, 0.4) is 0 Å². The van der Waals surface area contributed by atoms with E-state index in [0.717, 1.165) is 18.6 Å². The molecule has 0 spiro atoms. The van der Waals surface area contributed by atoms with Gasteiger partial charge in [-0.25, -0.2) is 0 Å². The second-order valence-corrected chi connectivity index (χ2v) is 5.07. The van der Waals surface area contributed by atoms with Crippen molar-refractivity contribution >= 4 is 0 Å². The van der Waals surface area contributed by atoms with Crippen LogP contribution in [0.15, 0.2) is 24.5 Å². The first-order chi connectivity index (χ1) is 8.29. The molecule has 17 heavy (non-hydrogen) atoms. The molecule has 1 heterocycles. The highest BCUT2D eigenvalue weighted by molar-refractivity contribution is 5.08. The zero-order valence-electron chi connectivity index (χ0n) is 10.9. The summed E-state index contributed by atoms with van der Waals surface area (Å²) in [5.41, 5.74) is 1.31. The van der Waals surface area contributed by atoms with Gasteiger partial charge in [0.15, 0.2) is 0 Å². The van der Waals surface area contributed by atoms with E-state index < -0.39 is 0 Å². The van der Waals surface area contributed by atoms with Crippen molar-refractivity contribution in [1.29, 1.82) is 0 Å². The zero-order valence-corrected chi connectivity index (χ0v) is 10.9. The van der Waals surface area contributed by atoms with Crippen LogP contribution in [-0.2, 0) is 6.54 Å². The molecule has 1 saturated carbocycles. The van der Waals surface area contributed by atoms with Crippen molar-refractivity contribution < 1.29 is 0 Å². The van der Waals surface area contributed by atoms with Crippen molar-refractivity contribution in [2.75, 3.05) is 14.1 Å². The Morgan fingerprint density at radius 2 is 2.12 bits per heavy atom. The summed E-state index contributed by atoms with van der Waals surface area (Å²) < 4.78 is 0. The maximum absolute atomic E-state index is 4.17. The SMILES string of the molecule is CNC1CCC(N(C)Cc2cccnc2)CC1. The maximum atomic E-state index is 4.17. The molecular weight excluding hydrogens is 210 g/mol. The van der Waals surface area contributed by atoms with Crippen molar-refractivity contribution in [3.8, 4) is 0 Å². The van der Waals surface area contributed by atoms with Crippen molar-refractivity contribution in [3.05, 3.63) is 30.1 Å². The molecule has 1 aromatic rings. The Hall–Kier alpha value is -0.930. The van der Waals surface area contributed by atoms with Crippen LogP contribution in [0.2, 0.25) is 0 Å². The summed E-state index contributed by atoms with van der Waals surface area (Å²) in [5, 5.41) is 3.38. The Kier molecular flexibility index (Phi) is 4.51. The maximum Gasteiger partial charge on any atom is 0.0312 e. The van der Waals surface area contributed by atoms with Gasteiger partial charge in [-0.3, -0.25) is 9.88 Å². The monoisotopic (exact) mass is 233 g/mol. The quantitative estimate of drug-likeness (QED) is 0.862. The van der Waals surface area contributed by atoms with E-state index >= 15 is 0 Å². The first-order valence-electron chi connectivity index (χ1n) is 6.56. The van der Waals surface area contributed by atoms with Gasteiger partial charge in [0.2, 0.25) is 0 Å². The summed E-state index contributed by atoms with van der Waals surface area (Å²) in [6, 6.07) is 5.64. The van der Waals surface area contributed by atoms with E-state index in [1.807, 2.05) is 18.5 Å². The molecule has 0 saturated heterocycles. The molecule has 3 nitrogen and oxygen atoms in total. The number of aromatic nitrogens is 1. The third-order valence-corrected chi connectivity index (χ3v) is 3.88. The lowest BCUT2D eigenvalue weighted by atomic mass is 9.90. The standard InChI is InChI=1S/C14H23N3/c1-15-13-5-7-14(8-6-13)17(2)11-12-4-3-9-16-10-12/h3-4,9-10,13-15H,5-8,11H2,1-2H3. The van der Waals surface area contributed by atoms with Crippen LogP contribution < -0.4 is 5.32 Å². The largest absolute Gasteiger partial charge is 0.317 e. The third-order valence-electron chi connectivity index (χ3n) is 3.88. The second kappa shape index (κ2) is 6.12. The highest BCUT2D eigenvalue weighted by Gasteiger charge is 2.22. The van der Waals surface area contributed by atoms with Gasteiger partial charge in [0, 0.05) is 31.0 Å². The normalized spacial score (nSPS) is 25.1. The van der Waals surface area contributed by atoms with Gasteiger partial charge in [-0.05, 0) is 51.4 Å². The first kappa shape index (κ1) is 12.5. The Labute approximate surface area is 104 Å². The average Bonchev–Trinajstić information content (AvgIpc) is 2.40. The molecule has 1 aromatic heterocycles. The Morgan fingerprint density at radius 1 is 1.35 bits per heavy atom. The second-order valence-electron chi connectivity index (χ2n) is 5.07. The molecule has 0 amide bonds. The predicted molar refractivity (Wildman–Crippen MR) is 70.8 cm³/mol. The zero-order chi connectivity index (χ0) is 12.1. The Bertz CT molecular complexity index is 317. The van der Waals surface area contributed by atoms with Crippen LogP contribution in [0.25, 0.3) is 0 Å². The summed E-state index contributed by atoms with van der Waals surface area (Å²) >= 11 is 0. The summed E-state index contributed by atoms with van der Waals surface area (Å²) in [5.74, 6) is 0. The topological polar surface area (TPSA) is 28.2 Å². The van der Waals surface area contributed by atoms with E-state index in [9.17, 15) is 0 Å². The van der Waals surface area contributed by atoms with Gasteiger partial charge in [0.05, 0.1) is 0 Å². The fourth-order valence-electron chi connectivity index (χ4n) is 2.71. The molecule has 1 fully saturated rings. The summed E-state index contributed by atoms with van der Waals surface area (Å²) in [6.07, 6.45) is 9.03. The van der Waals surface area contributed by atoms with Crippen LogP contribution in [-0.4, -0.2) is 36.1 Å². The number of rotatable bonds is 4. The van der Waals surface area contributed by atoms with Crippen molar-refractivity contribution in [1.82, 2.24) is 15.2 Å². The van der Waals surface area contributed by atoms with Gasteiger partial charge in [-0.15, -0.1) is 0 Å². The molecule has 0 bridgehead atoms. The smallest absolute Gasteiger partial charge is 0.0312 e. The van der Waals surface area contributed by atoms with Gasteiger partial charge in [-0.2, -0.15) is 0 Å². The minimum atomic E-state index is 0.734. The molecule has 2 rings (SSSR count). The molecule has 1 N–H and O–H groups in total. The fourth-order valence-corrected chi connectivity index (χ4v) is 2.71. The molecule has 0 radical (unpaired) electrons. The molecule has 94 valence electrons. The number of nitrogens with one attached hydrogen (secondary N) is 1. The van der Waals surface area contributed by atoms with Gasteiger partial charge >= 0.3 is 0 Å². The Morgan fingerprint density at radius 3 is 2.71 bits per heavy atom. The first-order valence-corrected chi connectivity index (χ1v) is 6.56. The minimum Gasteiger partial charge on any atom is -0.317 e. The van der Waals surface area contributed by atoms with Crippen molar-refractivity contribution in [3.63, 3.8) is 0 Å². The van der Waals surface area contributed by atoms with E-state index in [-0.39, 0.29) is 0 Å². The molecule has 3 heteroatoms. The highest BCUT2D eigenvalue weighted by Crippen LogP contribution is 2.23. The van der Waals surface area contributed by atoms with Crippen LogP contribution in [0.4, 0.5) is 0 Å². The molecule has 1 aliphatic rings. The lowest BCUT2D eigenvalue weighted by Crippen LogP contribution is -2.39. The van der Waals surface area contributed by atoms with E-state index in [4.69, 9.17) is 0 Å². The summed E-state index contributed by atoms with van der Waals surface area (Å²) in [7, 11) is 4.31. The number of hydrogen-bond acceptors (Lipinski definition) is 3. The van der Waals surface area contributed by atoms with Gasteiger partial charge < -0.3 is 5.32 Å². The van der Waals surface area contributed by atoms with Crippen molar-refractivity contribution in [2.24, 2.45) is 0 Å². The number of pyridine rings is 1. The molecule has 0 atom stereocenters. The van der Waals surface area contributed by atoms with Crippen molar-refractivity contribution in [2.45, 2.75) is 44.3 Å². The molecular formula is C14H23N3. The van der Waals surface area contributed by atoms with Crippen LogP contribution in [0.5, 0.6) is 0 Å². The molecule has 0 aliphatic heterocycles. The van der Waals surface area contributed by atoms with E-state index in [1.54, 1.807) is 0 Å². The Balaban J connectivity index is 1.83. The number of nitrogens with zero attached hydrogens (tertiary/aromatic N) is 2. The van der Waals surface area contributed by atoms with Crippen LogP contribution in [0.1, 0.15) is 31.2 Å². The van der Waals surface area contributed by atoms with Gasteiger partial charge in [0.25, 0.3) is 0 Å². The van der Waals surface area contributed by atoms with Gasteiger partial charge in [-0.1, -0.05) is 6.07 Å². The highest BCUT2D eigenvalue weighted by atomic mass is 15.1. The fraction of sp³-hybridized carbons (Fsp3) is 0.643. The summed E-state index contributed by atoms with van der Waals surface area (Å²) in [6.45, 7) is 1.02. The molecule has 0 aromatic carbocycles. The minimum absolute atomic E-state index is 0.734. The average molecular weight is 233 g/mol. The van der Waals surface area contributed by atoms with Gasteiger partial charge in [0.1, 0.15) is 0 Å².